The molecule has 0 fully saturated rings. The van der Waals surface area contributed by atoms with Crippen molar-refractivity contribution in [1.82, 2.24) is 0 Å². The summed E-state index contributed by atoms with van der Waals surface area (Å²) < 4.78 is 0. The van der Waals surface area contributed by atoms with Gasteiger partial charge in [0.25, 0.3) is 0 Å². The predicted molar refractivity (Wildman–Crippen MR) is 66.4 cm³/mol. The molecular formula is C13H14ClNO. The molecule has 3 heteroatoms. The molecule has 0 aromatic heterocycles. The van der Waals surface area contributed by atoms with Gasteiger partial charge in [-0.05, 0) is 24.5 Å². The molecule has 0 aliphatic carbocycles. The average Bonchev–Trinajstić information content (AvgIpc) is 2.26. The number of carbonyl (C=O) groups is 1. The molecule has 0 aliphatic rings. The zero-order valence-electron chi connectivity index (χ0n) is 9.16. The van der Waals surface area contributed by atoms with Gasteiger partial charge in [0.15, 0.2) is 0 Å². The highest BCUT2D eigenvalue weighted by Gasteiger charge is 2.02. The average molecular weight is 236 g/mol. The predicted octanol–water partition coefficient (Wildman–Crippen LogP) is 2.65. The van der Waals surface area contributed by atoms with E-state index in [1.54, 1.807) is 24.3 Å². The summed E-state index contributed by atoms with van der Waals surface area (Å²) in [6, 6.07) is 6.50. The first kappa shape index (κ1) is 12.8. The summed E-state index contributed by atoms with van der Waals surface area (Å²) in [4.78, 5) is 11.6. The van der Waals surface area contributed by atoms with E-state index in [1.165, 1.54) is 0 Å². The van der Waals surface area contributed by atoms with Crippen LogP contribution in [-0.2, 0) is 0 Å². The van der Waals surface area contributed by atoms with Crippen molar-refractivity contribution in [3.63, 3.8) is 0 Å². The molecular weight excluding hydrogens is 222 g/mol. The van der Waals surface area contributed by atoms with Crippen molar-refractivity contribution in [2.75, 3.05) is 0 Å². The Morgan fingerprint density at radius 2 is 2.31 bits per heavy atom. The summed E-state index contributed by atoms with van der Waals surface area (Å²) >= 11 is 5.78. The van der Waals surface area contributed by atoms with Crippen LogP contribution >= 0.6 is 11.6 Å². The topological polar surface area (TPSA) is 43.1 Å². The van der Waals surface area contributed by atoms with Crippen molar-refractivity contribution in [3.05, 3.63) is 34.9 Å². The minimum Gasteiger partial charge on any atom is -0.318 e. The first-order valence-electron chi connectivity index (χ1n) is 5.20. The lowest BCUT2D eigenvalue weighted by molar-refractivity contribution is 0.105. The lowest BCUT2D eigenvalue weighted by Gasteiger charge is -1.99. The second-order valence-electron chi connectivity index (χ2n) is 3.50. The van der Waals surface area contributed by atoms with E-state index in [0.717, 1.165) is 12.8 Å². The van der Waals surface area contributed by atoms with Gasteiger partial charge in [0.05, 0.1) is 6.04 Å². The van der Waals surface area contributed by atoms with Gasteiger partial charge in [0, 0.05) is 10.6 Å². The van der Waals surface area contributed by atoms with E-state index >= 15 is 0 Å². The standard InChI is InChI=1S/C13H14ClNO/c1-2-4-12(15)7-8-13(16)10-5-3-6-11(14)9-10/h3,5-6,9,12H,2,4,15H2,1H3. The molecule has 0 heterocycles. The van der Waals surface area contributed by atoms with E-state index in [1.807, 2.05) is 6.92 Å². The maximum atomic E-state index is 11.6. The lowest BCUT2D eigenvalue weighted by Crippen LogP contribution is -2.17. The van der Waals surface area contributed by atoms with E-state index in [-0.39, 0.29) is 11.8 Å². The van der Waals surface area contributed by atoms with E-state index < -0.39 is 0 Å². The van der Waals surface area contributed by atoms with Crippen molar-refractivity contribution in [2.45, 2.75) is 25.8 Å². The van der Waals surface area contributed by atoms with Gasteiger partial charge in [-0.2, -0.15) is 0 Å². The zero-order chi connectivity index (χ0) is 12.0. The highest BCUT2D eigenvalue weighted by Crippen LogP contribution is 2.10. The lowest BCUT2D eigenvalue weighted by atomic mass is 10.1. The molecule has 84 valence electrons. The summed E-state index contributed by atoms with van der Waals surface area (Å²) in [6.07, 6.45) is 1.76. The molecule has 1 rings (SSSR count). The fraction of sp³-hybridized carbons (Fsp3) is 0.308. The van der Waals surface area contributed by atoms with Crippen LogP contribution in [0, 0.1) is 11.8 Å². The molecule has 0 bridgehead atoms. The van der Waals surface area contributed by atoms with Crippen molar-refractivity contribution in [1.29, 1.82) is 0 Å². The van der Waals surface area contributed by atoms with Gasteiger partial charge in [-0.25, -0.2) is 0 Å². The Bertz CT molecular complexity index is 431. The van der Waals surface area contributed by atoms with Crippen LogP contribution in [0.1, 0.15) is 30.1 Å². The van der Waals surface area contributed by atoms with E-state index in [9.17, 15) is 4.79 Å². The summed E-state index contributed by atoms with van der Waals surface area (Å²) in [5.41, 5.74) is 6.19. The Hall–Kier alpha value is -1.30. The quantitative estimate of drug-likeness (QED) is 0.497. The van der Waals surface area contributed by atoms with Crippen molar-refractivity contribution < 1.29 is 4.79 Å². The van der Waals surface area contributed by atoms with Crippen LogP contribution in [0.25, 0.3) is 0 Å². The molecule has 2 nitrogen and oxygen atoms in total. The molecule has 0 saturated heterocycles. The Morgan fingerprint density at radius 1 is 1.56 bits per heavy atom. The van der Waals surface area contributed by atoms with Crippen LogP contribution in [0.5, 0.6) is 0 Å². The summed E-state index contributed by atoms with van der Waals surface area (Å²) in [5.74, 6) is 5.03. The third kappa shape index (κ3) is 4.06. The number of hydrogen-bond donors (Lipinski definition) is 1. The number of nitrogens with two attached hydrogens (primary N) is 1. The zero-order valence-corrected chi connectivity index (χ0v) is 9.92. The molecule has 0 saturated carbocycles. The van der Waals surface area contributed by atoms with Gasteiger partial charge in [-0.3, -0.25) is 4.79 Å². The fourth-order valence-corrected chi connectivity index (χ4v) is 1.43. The summed E-state index contributed by atoms with van der Waals surface area (Å²) in [6.45, 7) is 2.03. The van der Waals surface area contributed by atoms with Crippen LogP contribution in [-0.4, -0.2) is 11.8 Å². The normalized spacial score (nSPS) is 11.4. The molecule has 1 aromatic carbocycles. The van der Waals surface area contributed by atoms with E-state index in [2.05, 4.69) is 11.8 Å². The fourth-order valence-electron chi connectivity index (χ4n) is 1.24. The van der Waals surface area contributed by atoms with E-state index in [4.69, 9.17) is 17.3 Å². The maximum absolute atomic E-state index is 11.6. The number of carbonyl (C=O) groups excluding carboxylic acids is 1. The van der Waals surface area contributed by atoms with E-state index in [0.29, 0.717) is 10.6 Å². The first-order valence-corrected chi connectivity index (χ1v) is 5.58. The molecule has 0 aliphatic heterocycles. The Morgan fingerprint density at radius 3 is 2.94 bits per heavy atom. The third-order valence-electron chi connectivity index (χ3n) is 2.06. The van der Waals surface area contributed by atoms with Crippen molar-refractivity contribution >= 4 is 17.4 Å². The number of ketones is 1. The van der Waals surface area contributed by atoms with Crippen LogP contribution in [0.15, 0.2) is 24.3 Å². The molecule has 2 N–H and O–H groups in total. The highest BCUT2D eigenvalue weighted by atomic mass is 35.5. The maximum Gasteiger partial charge on any atom is 0.235 e. The number of hydrogen-bond acceptors (Lipinski definition) is 2. The first-order chi connectivity index (χ1) is 7.63. The van der Waals surface area contributed by atoms with Gasteiger partial charge >= 0.3 is 0 Å². The molecule has 1 unspecified atom stereocenters. The van der Waals surface area contributed by atoms with Crippen LogP contribution in [0.3, 0.4) is 0 Å². The minimum atomic E-state index is -0.242. The molecule has 1 aromatic rings. The smallest absolute Gasteiger partial charge is 0.235 e. The van der Waals surface area contributed by atoms with Gasteiger partial charge < -0.3 is 5.73 Å². The highest BCUT2D eigenvalue weighted by molar-refractivity contribution is 6.31. The molecule has 16 heavy (non-hydrogen) atoms. The van der Waals surface area contributed by atoms with Crippen molar-refractivity contribution in [2.24, 2.45) is 5.73 Å². The molecule has 0 radical (unpaired) electrons. The largest absolute Gasteiger partial charge is 0.318 e. The van der Waals surface area contributed by atoms with Crippen LogP contribution < -0.4 is 5.73 Å². The number of halogens is 1. The summed E-state index contributed by atoms with van der Waals surface area (Å²) in [7, 11) is 0. The Labute approximate surface area is 101 Å². The Balaban J connectivity index is 2.72. The molecule has 0 amide bonds. The van der Waals surface area contributed by atoms with Gasteiger partial charge in [0.2, 0.25) is 5.78 Å². The second kappa shape index (κ2) is 6.32. The van der Waals surface area contributed by atoms with Crippen LogP contribution in [0.2, 0.25) is 5.02 Å². The van der Waals surface area contributed by atoms with Crippen LogP contribution in [0.4, 0.5) is 0 Å². The molecule has 0 spiro atoms. The summed E-state index contributed by atoms with van der Waals surface area (Å²) in [5, 5.41) is 0.533. The third-order valence-corrected chi connectivity index (χ3v) is 2.29. The minimum absolute atomic E-state index is 0.229. The number of Topliss-reactive ketones (excluding diaryl/α,β-unsaturated/α-hetero) is 1. The van der Waals surface area contributed by atoms with Gasteiger partial charge in [0.1, 0.15) is 0 Å². The van der Waals surface area contributed by atoms with Gasteiger partial charge in [-0.1, -0.05) is 43.0 Å². The number of rotatable bonds is 3. The Kier molecular flexibility index (Phi) is 5.04. The molecule has 1 atom stereocenters. The number of benzene rings is 1. The van der Waals surface area contributed by atoms with Gasteiger partial charge in [-0.15, -0.1) is 0 Å². The van der Waals surface area contributed by atoms with Crippen molar-refractivity contribution in [3.8, 4) is 11.8 Å². The SMILES string of the molecule is CCCC(N)C#CC(=O)c1cccc(Cl)c1. The monoisotopic (exact) mass is 235 g/mol. The second-order valence-corrected chi connectivity index (χ2v) is 3.94.